The monoisotopic (exact) mass is 425 g/mol. The number of carbonyl (C=O) groups is 3. The first-order valence-electron chi connectivity index (χ1n) is 10.7. The van der Waals surface area contributed by atoms with E-state index in [2.05, 4.69) is 35.1 Å². The number of unbranched alkanes of at least 4 members (excludes halogenated alkanes) is 1. The molecule has 1 saturated heterocycles. The molecule has 1 heterocycles. The molecule has 4 rings (SSSR count). The van der Waals surface area contributed by atoms with E-state index in [0.717, 1.165) is 6.42 Å². The summed E-state index contributed by atoms with van der Waals surface area (Å²) < 4.78 is 14.7. The SMILES string of the molecule is COC(=O)CCCCC(=O)OCOC(=O)N1C[C@H]2C[C@@]2(c2ccc3ccccc3c2)C1. The molecule has 1 aliphatic carbocycles. The molecule has 1 aliphatic heterocycles. The van der Waals surface area contributed by atoms with E-state index in [1.807, 2.05) is 12.1 Å². The van der Waals surface area contributed by atoms with Crippen LogP contribution in [-0.2, 0) is 29.2 Å². The van der Waals surface area contributed by atoms with Crippen molar-refractivity contribution in [1.29, 1.82) is 0 Å². The van der Waals surface area contributed by atoms with Gasteiger partial charge in [0.1, 0.15) is 0 Å². The molecule has 2 aromatic rings. The number of nitrogens with zero attached hydrogens (tertiary/aromatic N) is 1. The molecule has 2 aliphatic rings. The van der Waals surface area contributed by atoms with Gasteiger partial charge in [0.25, 0.3) is 0 Å². The van der Waals surface area contributed by atoms with Gasteiger partial charge in [-0.15, -0.1) is 0 Å². The zero-order chi connectivity index (χ0) is 21.8. The third-order valence-electron chi connectivity index (χ3n) is 6.37. The quantitative estimate of drug-likeness (QED) is 0.364. The van der Waals surface area contributed by atoms with Crippen LogP contribution in [0.4, 0.5) is 4.79 Å². The number of benzene rings is 2. The van der Waals surface area contributed by atoms with Gasteiger partial charge in [0.2, 0.25) is 6.79 Å². The smallest absolute Gasteiger partial charge is 0.412 e. The summed E-state index contributed by atoms with van der Waals surface area (Å²) in [4.78, 5) is 36.9. The Bertz CT molecular complexity index is 989. The highest BCUT2D eigenvalue weighted by Crippen LogP contribution is 2.59. The lowest BCUT2D eigenvalue weighted by atomic mass is 9.93. The molecule has 2 aromatic carbocycles. The number of hydrogen-bond acceptors (Lipinski definition) is 6. The van der Waals surface area contributed by atoms with Crippen LogP contribution in [0.25, 0.3) is 10.8 Å². The maximum Gasteiger partial charge on any atom is 0.412 e. The topological polar surface area (TPSA) is 82.1 Å². The molecule has 2 atom stereocenters. The Kier molecular flexibility index (Phi) is 6.11. The molecule has 0 unspecified atom stereocenters. The second-order valence-electron chi connectivity index (χ2n) is 8.33. The summed E-state index contributed by atoms with van der Waals surface area (Å²) in [5.74, 6) is -0.305. The highest BCUT2D eigenvalue weighted by molar-refractivity contribution is 5.83. The van der Waals surface area contributed by atoms with E-state index >= 15 is 0 Å². The van der Waals surface area contributed by atoms with E-state index in [1.54, 1.807) is 4.90 Å². The van der Waals surface area contributed by atoms with Crippen LogP contribution in [0.1, 0.15) is 37.7 Å². The molecule has 0 bridgehead atoms. The van der Waals surface area contributed by atoms with Gasteiger partial charge >= 0.3 is 18.0 Å². The minimum atomic E-state index is -0.453. The molecule has 0 spiro atoms. The number of methoxy groups -OCH3 is 1. The van der Waals surface area contributed by atoms with Crippen molar-refractivity contribution in [3.8, 4) is 0 Å². The molecule has 2 fully saturated rings. The fourth-order valence-corrected chi connectivity index (χ4v) is 4.52. The van der Waals surface area contributed by atoms with Crippen LogP contribution in [0.15, 0.2) is 42.5 Å². The summed E-state index contributed by atoms with van der Waals surface area (Å²) >= 11 is 0. The Hall–Kier alpha value is -3.09. The Labute approximate surface area is 181 Å². The molecule has 31 heavy (non-hydrogen) atoms. The van der Waals surface area contributed by atoms with Crippen molar-refractivity contribution in [1.82, 2.24) is 4.90 Å². The first-order chi connectivity index (χ1) is 15.0. The number of rotatable bonds is 8. The van der Waals surface area contributed by atoms with Crippen LogP contribution in [0, 0.1) is 5.92 Å². The first-order valence-corrected chi connectivity index (χ1v) is 10.7. The zero-order valence-electron chi connectivity index (χ0n) is 17.7. The van der Waals surface area contributed by atoms with Gasteiger partial charge in [-0.25, -0.2) is 4.79 Å². The van der Waals surface area contributed by atoms with Gasteiger partial charge in [0.05, 0.1) is 7.11 Å². The molecule has 7 heteroatoms. The van der Waals surface area contributed by atoms with E-state index in [-0.39, 0.29) is 24.2 Å². The summed E-state index contributed by atoms with van der Waals surface area (Å²) in [6.07, 6.45) is 2.14. The van der Waals surface area contributed by atoms with Crippen LogP contribution < -0.4 is 0 Å². The van der Waals surface area contributed by atoms with Gasteiger partial charge in [0, 0.05) is 31.3 Å². The number of hydrogen-bond donors (Lipinski definition) is 0. The number of fused-ring (bicyclic) bond motifs is 2. The largest absolute Gasteiger partial charge is 0.469 e. The van der Waals surface area contributed by atoms with Crippen molar-refractivity contribution in [2.75, 3.05) is 27.0 Å². The third kappa shape index (κ3) is 4.65. The number of carbonyl (C=O) groups excluding carboxylic acids is 3. The Morgan fingerprint density at radius 2 is 1.74 bits per heavy atom. The lowest BCUT2D eigenvalue weighted by Crippen LogP contribution is -2.34. The molecule has 1 amide bonds. The van der Waals surface area contributed by atoms with E-state index in [0.29, 0.717) is 31.8 Å². The summed E-state index contributed by atoms with van der Waals surface area (Å²) in [5, 5.41) is 2.42. The molecule has 0 radical (unpaired) electrons. The van der Waals surface area contributed by atoms with Crippen molar-refractivity contribution in [3.63, 3.8) is 0 Å². The predicted molar refractivity (Wildman–Crippen MR) is 113 cm³/mol. The minimum absolute atomic E-state index is 0.0133. The molecule has 164 valence electrons. The van der Waals surface area contributed by atoms with Crippen LogP contribution in [0.5, 0.6) is 0 Å². The average Bonchev–Trinajstić information content (AvgIpc) is 3.36. The van der Waals surface area contributed by atoms with Crippen molar-refractivity contribution in [2.24, 2.45) is 5.92 Å². The van der Waals surface area contributed by atoms with E-state index in [4.69, 9.17) is 9.47 Å². The van der Waals surface area contributed by atoms with E-state index in [1.165, 1.54) is 23.4 Å². The van der Waals surface area contributed by atoms with Crippen molar-refractivity contribution in [3.05, 3.63) is 48.0 Å². The normalized spacial score (nSPS) is 21.5. The molecule has 7 nitrogen and oxygen atoms in total. The van der Waals surface area contributed by atoms with Gasteiger partial charge in [0.15, 0.2) is 0 Å². The standard InChI is InChI=1S/C24H27NO6/c1-29-21(26)8-4-5-9-22(27)30-16-31-23(28)25-14-20-13-24(20,15-25)19-11-10-17-6-2-3-7-18(17)12-19/h2-3,6-7,10-12,20H,4-5,8-9,13-16H2,1H3/t20-,24+/m1/s1. The summed E-state index contributed by atoms with van der Waals surface area (Å²) in [7, 11) is 1.33. The fraction of sp³-hybridized carbons (Fsp3) is 0.458. The maximum absolute atomic E-state index is 12.4. The summed E-state index contributed by atoms with van der Waals surface area (Å²) in [6, 6.07) is 14.8. The number of ether oxygens (including phenoxy) is 3. The maximum atomic E-state index is 12.4. The Morgan fingerprint density at radius 1 is 1.00 bits per heavy atom. The molecular weight excluding hydrogens is 398 g/mol. The third-order valence-corrected chi connectivity index (χ3v) is 6.37. The lowest BCUT2D eigenvalue weighted by Gasteiger charge is -2.21. The van der Waals surface area contributed by atoms with Crippen LogP contribution in [-0.4, -0.2) is 49.9 Å². The molecule has 1 saturated carbocycles. The average molecular weight is 425 g/mol. The summed E-state index contributed by atoms with van der Waals surface area (Å²) in [6.45, 7) is 0.891. The fourth-order valence-electron chi connectivity index (χ4n) is 4.52. The number of esters is 2. The second-order valence-corrected chi connectivity index (χ2v) is 8.33. The highest BCUT2D eigenvalue weighted by atomic mass is 16.7. The van der Waals surface area contributed by atoms with Crippen LogP contribution in [0.3, 0.4) is 0 Å². The van der Waals surface area contributed by atoms with Gasteiger partial charge in [-0.1, -0.05) is 42.5 Å². The zero-order valence-corrected chi connectivity index (χ0v) is 17.7. The number of amides is 1. The van der Waals surface area contributed by atoms with E-state index < -0.39 is 18.9 Å². The van der Waals surface area contributed by atoms with Gasteiger partial charge in [-0.2, -0.15) is 0 Å². The van der Waals surface area contributed by atoms with Crippen molar-refractivity contribution < 1.29 is 28.6 Å². The molecule has 0 N–H and O–H groups in total. The van der Waals surface area contributed by atoms with Crippen LogP contribution >= 0.6 is 0 Å². The van der Waals surface area contributed by atoms with Crippen molar-refractivity contribution >= 4 is 28.8 Å². The second kappa shape index (κ2) is 8.96. The Balaban J connectivity index is 1.21. The number of piperidine rings is 1. The van der Waals surface area contributed by atoms with Crippen molar-refractivity contribution in [2.45, 2.75) is 37.5 Å². The minimum Gasteiger partial charge on any atom is -0.469 e. The van der Waals surface area contributed by atoms with Gasteiger partial charge in [-0.05, 0) is 41.5 Å². The Morgan fingerprint density at radius 3 is 2.52 bits per heavy atom. The van der Waals surface area contributed by atoms with Gasteiger partial charge < -0.3 is 19.1 Å². The first kappa shape index (κ1) is 21.2. The summed E-state index contributed by atoms with van der Waals surface area (Å²) in [5.41, 5.74) is 1.28. The number of likely N-dealkylation sites (tertiary alicyclic amines) is 1. The predicted octanol–water partition coefficient (Wildman–Crippen LogP) is 3.78. The molecule has 0 aromatic heterocycles. The van der Waals surface area contributed by atoms with Crippen LogP contribution in [0.2, 0.25) is 0 Å². The van der Waals surface area contributed by atoms with E-state index in [9.17, 15) is 14.4 Å². The van der Waals surface area contributed by atoms with Gasteiger partial charge in [-0.3, -0.25) is 9.59 Å². The highest BCUT2D eigenvalue weighted by Gasteiger charge is 2.62. The lowest BCUT2D eigenvalue weighted by molar-refractivity contribution is -0.152. The molecular formula is C24H27NO6.